The van der Waals surface area contributed by atoms with Crippen LogP contribution in [0.15, 0.2) is 122 Å². The summed E-state index contributed by atoms with van der Waals surface area (Å²) in [5.41, 5.74) is 4.89. The Hall–Kier alpha value is -1.62. The maximum absolute atomic E-state index is 9.81. The van der Waals surface area contributed by atoms with Gasteiger partial charge < -0.3 is 39.5 Å². The molecule has 0 aromatic heterocycles. The number of carbonyl (C=O) groups excluding carboxylic acids is 2. The van der Waals surface area contributed by atoms with Crippen LogP contribution in [0.3, 0.4) is 0 Å². The fraction of sp³-hybridized carbons (Fsp3) is 0.250. The summed E-state index contributed by atoms with van der Waals surface area (Å²) in [7, 11) is 5.51. The van der Waals surface area contributed by atoms with Crippen LogP contribution >= 0.6 is 0 Å². The van der Waals surface area contributed by atoms with Gasteiger partial charge in [-0.3, -0.25) is 14.1 Å². The second kappa shape index (κ2) is 41.1. The molecule has 0 saturated carbocycles. The summed E-state index contributed by atoms with van der Waals surface area (Å²) in [4.78, 5) is 23.1. The van der Waals surface area contributed by atoms with Gasteiger partial charge in [0.2, 0.25) is 0 Å². The standard InChI is InChI=1S/C32H32B2N2O4.2C4H5O.4C2H6.3Y/c1-35(19-23-11-3-9-17-31(23)33(37)38)21-29-25-13-5-7-15-27(25)30(28-16-8-6-14-26(28)29)22-36(2)20-24-12-4-10-18-32(24)34(39)40;2*1-3-4(2)5;4*1-2;;;/h3-18,37-40H,1-2,19-22H2;2*3H,1-2H2;4*1-2H3;;;/q-2;2*-1;;;;;;;. The molecule has 0 spiro atoms. The van der Waals surface area contributed by atoms with Crippen LogP contribution in [0, 0.1) is 27.9 Å². The number of carbonyl (C=O) groups is 2. The molecule has 0 fully saturated rings. The van der Waals surface area contributed by atoms with Gasteiger partial charge >= 0.3 is 14.2 Å². The van der Waals surface area contributed by atoms with Gasteiger partial charge in [0.25, 0.3) is 0 Å². The van der Waals surface area contributed by atoms with Crippen LogP contribution in [0.25, 0.3) is 21.5 Å². The van der Waals surface area contributed by atoms with Crippen LogP contribution in [0.4, 0.5) is 0 Å². The van der Waals surface area contributed by atoms with Crippen molar-refractivity contribution in [3.63, 3.8) is 0 Å². The zero-order valence-corrected chi connectivity index (χ0v) is 46.4. The fourth-order valence-corrected chi connectivity index (χ4v) is 5.55. The number of fused-ring (bicyclic) bond motifs is 2. The van der Waals surface area contributed by atoms with E-state index in [4.69, 9.17) is 0 Å². The second-order valence-corrected chi connectivity index (χ2v) is 11.5. The molecule has 0 aliphatic heterocycles. The number of rotatable bonds is 12. The van der Waals surface area contributed by atoms with E-state index in [9.17, 15) is 29.7 Å². The molecule has 8 nitrogen and oxygen atoms in total. The van der Waals surface area contributed by atoms with Crippen molar-refractivity contribution in [1.82, 2.24) is 9.80 Å². The molecule has 0 amide bonds. The van der Waals surface area contributed by atoms with E-state index in [0.717, 1.165) is 43.8 Å². The van der Waals surface area contributed by atoms with E-state index in [1.165, 1.54) is 12.2 Å². The van der Waals surface area contributed by atoms with Crippen LogP contribution in [0.1, 0.15) is 77.6 Å². The summed E-state index contributed by atoms with van der Waals surface area (Å²) in [6.45, 7) is 30.3. The third kappa shape index (κ3) is 24.9. The minimum atomic E-state index is -1.54. The van der Waals surface area contributed by atoms with Crippen molar-refractivity contribution < 1.29 is 128 Å². The third-order valence-electron chi connectivity index (χ3n) is 7.83. The van der Waals surface area contributed by atoms with Crippen LogP contribution in [0.2, 0.25) is 0 Å². The number of hydrogen-bond donors (Lipinski definition) is 4. The molecule has 0 aliphatic carbocycles. The van der Waals surface area contributed by atoms with E-state index in [-0.39, 0.29) is 110 Å². The molecular formula is C48H66B2N2O6Y3-4. The van der Waals surface area contributed by atoms with Crippen molar-refractivity contribution in [2.75, 3.05) is 0 Å². The molecule has 0 aliphatic rings. The Labute approximate surface area is 445 Å². The molecule has 5 rings (SSSR count). The van der Waals surface area contributed by atoms with Crippen molar-refractivity contribution in [1.29, 1.82) is 0 Å². The minimum Gasteiger partial charge on any atom is -0.452 e. The van der Waals surface area contributed by atoms with E-state index >= 15 is 0 Å². The Kier molecular flexibility index (Phi) is 46.1. The van der Waals surface area contributed by atoms with Crippen LogP contribution in [0.5, 0.6) is 0 Å². The largest absolute Gasteiger partial charge is 0.488 e. The summed E-state index contributed by atoms with van der Waals surface area (Å²) < 4.78 is 0. The molecular weight excluding hydrogens is 989 g/mol. The normalized spacial score (nSPS) is 9.05. The van der Waals surface area contributed by atoms with Crippen molar-refractivity contribution in [3.05, 3.63) is 173 Å². The third-order valence-corrected chi connectivity index (χ3v) is 7.83. The van der Waals surface area contributed by atoms with Crippen LogP contribution < -0.4 is 10.9 Å². The summed E-state index contributed by atoms with van der Waals surface area (Å²) in [5.74, 6) is -0.463. The molecule has 0 saturated heterocycles. The number of benzene rings is 5. The molecule has 0 heterocycles. The maximum Gasteiger partial charge on any atom is 0.488 e. The monoisotopic (exact) mass is 1060 g/mol. The minimum absolute atomic E-state index is 0. The van der Waals surface area contributed by atoms with Gasteiger partial charge in [-0.1, -0.05) is 152 Å². The van der Waals surface area contributed by atoms with Gasteiger partial charge in [-0.25, -0.2) is 0 Å². The first kappa shape index (κ1) is 68.4. The summed E-state index contributed by atoms with van der Waals surface area (Å²) in [5, 5.41) is 43.7. The maximum atomic E-state index is 9.81. The van der Waals surface area contributed by atoms with E-state index < -0.39 is 14.2 Å². The van der Waals surface area contributed by atoms with E-state index in [0.29, 0.717) is 37.1 Å². The zero-order valence-electron chi connectivity index (χ0n) is 37.8. The first-order chi connectivity index (χ1) is 27.9. The summed E-state index contributed by atoms with van der Waals surface area (Å²) in [6.07, 6.45) is 2.33. The Morgan fingerprint density at radius 3 is 0.918 bits per heavy atom. The van der Waals surface area contributed by atoms with Gasteiger partial charge in [0.15, 0.2) is 0 Å². The molecule has 0 unspecified atom stereocenters. The Morgan fingerprint density at radius 2 is 0.705 bits per heavy atom. The Bertz CT molecular complexity index is 1750. The zero-order chi connectivity index (χ0) is 44.8. The number of allylic oxidation sites excluding steroid dienone is 2. The molecule has 61 heavy (non-hydrogen) atoms. The van der Waals surface area contributed by atoms with Crippen LogP contribution in [-0.2, 0) is 134 Å². The molecule has 13 heteroatoms. The molecule has 323 valence electrons. The van der Waals surface area contributed by atoms with Crippen molar-refractivity contribution in [3.8, 4) is 0 Å². The van der Waals surface area contributed by atoms with Gasteiger partial charge in [0.1, 0.15) is 0 Å². The Balaban J connectivity index is -0.000000430. The van der Waals surface area contributed by atoms with Gasteiger partial charge in [-0.05, 0) is 80.9 Å². The van der Waals surface area contributed by atoms with E-state index in [1.54, 1.807) is 24.3 Å². The predicted molar refractivity (Wildman–Crippen MR) is 250 cm³/mol. The summed E-state index contributed by atoms with van der Waals surface area (Å²) >= 11 is 0. The Morgan fingerprint density at radius 1 is 0.492 bits per heavy atom. The van der Waals surface area contributed by atoms with Gasteiger partial charge in [0, 0.05) is 110 Å². The van der Waals surface area contributed by atoms with E-state index in [2.05, 4.69) is 65.4 Å². The quantitative estimate of drug-likeness (QED) is 0.0428. The second-order valence-electron chi connectivity index (χ2n) is 11.5. The first-order valence-electron chi connectivity index (χ1n) is 19.7. The molecule has 5 aromatic rings. The predicted octanol–water partition coefficient (Wildman–Crippen LogP) is 8.19. The van der Waals surface area contributed by atoms with Crippen molar-refractivity contribution in [2.24, 2.45) is 0 Å². The van der Waals surface area contributed by atoms with Gasteiger partial charge in [-0.2, -0.15) is 39.2 Å². The molecule has 0 atom stereocenters. The molecule has 4 N–H and O–H groups in total. The van der Waals surface area contributed by atoms with Crippen molar-refractivity contribution >= 4 is 58.3 Å². The van der Waals surface area contributed by atoms with Crippen molar-refractivity contribution in [2.45, 2.75) is 81.6 Å². The number of ketones is 2. The van der Waals surface area contributed by atoms with Gasteiger partial charge in [-0.15, -0.1) is 0 Å². The number of hydrogen-bond acceptors (Lipinski definition) is 8. The SMILES string of the molecule is C=CC([CH2-])=O.C=CC([CH2-])=O.CC.CC.CC.CC.[CH2-]N(Cc1ccccc1B(O)O)Cc1c2ccccc2c(CN([CH2-])Cc2ccccc2B(O)O)c2ccccc12.[Y].[Y].[Y]. The smallest absolute Gasteiger partial charge is 0.452 e. The van der Waals surface area contributed by atoms with Crippen LogP contribution in [-0.4, -0.2) is 55.7 Å². The first-order valence-corrected chi connectivity index (χ1v) is 19.7. The molecule has 3 radical (unpaired) electrons. The number of nitrogens with zero attached hydrogens (tertiary/aromatic N) is 2. The molecule has 0 bridgehead atoms. The fourth-order valence-electron chi connectivity index (χ4n) is 5.55. The topological polar surface area (TPSA) is 122 Å². The summed E-state index contributed by atoms with van der Waals surface area (Å²) in [6, 6.07) is 31.3. The average Bonchev–Trinajstić information content (AvgIpc) is 3.25. The molecule has 5 aromatic carbocycles. The van der Waals surface area contributed by atoms with Gasteiger partial charge in [0.05, 0.1) is 0 Å². The van der Waals surface area contributed by atoms with E-state index in [1.807, 2.05) is 114 Å². The average molecular weight is 1060 g/mol.